The van der Waals surface area contributed by atoms with Crippen molar-refractivity contribution in [3.05, 3.63) is 113 Å². The minimum atomic E-state index is -0.882. The van der Waals surface area contributed by atoms with Gasteiger partial charge < -0.3 is 19.2 Å². The summed E-state index contributed by atoms with van der Waals surface area (Å²) in [5, 5.41) is 11.6. The highest BCUT2D eigenvalue weighted by Gasteiger charge is 2.44. The summed E-state index contributed by atoms with van der Waals surface area (Å²) >= 11 is 0. The third-order valence-corrected chi connectivity index (χ3v) is 6.08. The largest absolute Gasteiger partial charge is 0.503 e. The highest BCUT2D eigenvalue weighted by molar-refractivity contribution is 6.16. The number of furan rings is 1. The number of ketones is 1. The second-order valence-electron chi connectivity index (χ2n) is 9.01. The van der Waals surface area contributed by atoms with Gasteiger partial charge in [-0.25, -0.2) is 4.79 Å². The molecule has 1 aliphatic rings. The number of aliphatic hydroxyl groups is 1. The zero-order chi connectivity index (χ0) is 26.1. The van der Waals surface area contributed by atoms with E-state index in [0.717, 1.165) is 5.39 Å². The highest BCUT2D eigenvalue weighted by Crippen LogP contribution is 2.40. The van der Waals surface area contributed by atoms with Crippen LogP contribution in [-0.2, 0) is 16.1 Å². The van der Waals surface area contributed by atoms with Gasteiger partial charge in [0.05, 0.1) is 23.3 Å². The lowest BCUT2D eigenvalue weighted by atomic mass is 9.96. The molecule has 2 aromatic carbocycles. The quantitative estimate of drug-likeness (QED) is 0.278. The van der Waals surface area contributed by atoms with Gasteiger partial charge in [-0.1, -0.05) is 36.4 Å². The number of rotatable bonds is 7. The monoisotopic (exact) mass is 496 g/mol. The van der Waals surface area contributed by atoms with E-state index in [0.29, 0.717) is 22.3 Å². The molecule has 3 heterocycles. The van der Waals surface area contributed by atoms with Crippen LogP contribution in [0.4, 0.5) is 0 Å². The zero-order valence-corrected chi connectivity index (χ0v) is 20.3. The number of amides is 1. The summed E-state index contributed by atoms with van der Waals surface area (Å²) in [4.78, 5) is 44.6. The summed E-state index contributed by atoms with van der Waals surface area (Å²) in [6, 6.07) is 18.0. The summed E-state index contributed by atoms with van der Waals surface area (Å²) in [5.41, 5.74) is 2.11. The molecule has 1 atom stereocenters. The lowest BCUT2D eigenvalue weighted by molar-refractivity contribution is -0.130. The molecule has 0 aliphatic carbocycles. The van der Waals surface area contributed by atoms with Crippen LogP contribution < -0.4 is 0 Å². The minimum absolute atomic E-state index is 0.0271. The van der Waals surface area contributed by atoms with Crippen molar-refractivity contribution in [2.24, 2.45) is 0 Å². The number of benzene rings is 2. The second-order valence-corrected chi connectivity index (χ2v) is 9.01. The lowest BCUT2D eigenvalue weighted by Gasteiger charge is -2.26. The first-order valence-corrected chi connectivity index (χ1v) is 11.8. The van der Waals surface area contributed by atoms with Gasteiger partial charge in [-0.05, 0) is 55.3 Å². The fourth-order valence-electron chi connectivity index (χ4n) is 4.38. The Morgan fingerprint density at radius 3 is 2.51 bits per heavy atom. The Hall–Kier alpha value is -4.72. The SMILES string of the molecule is CC(C)OC(=O)c1ccc(CN2C(=O)C(O)=C(C(=O)c3cc4ccccc4o3)C2c2cccnc2)cc1. The summed E-state index contributed by atoms with van der Waals surface area (Å²) < 4.78 is 11.0. The molecule has 0 spiro atoms. The first-order valence-electron chi connectivity index (χ1n) is 11.8. The van der Waals surface area contributed by atoms with Gasteiger partial charge in [0.25, 0.3) is 5.91 Å². The van der Waals surface area contributed by atoms with Gasteiger partial charge in [0.1, 0.15) is 5.58 Å². The number of aliphatic hydroxyl groups excluding tert-OH is 1. The van der Waals surface area contributed by atoms with Crippen LogP contribution in [0.1, 0.15) is 51.9 Å². The molecule has 1 aliphatic heterocycles. The van der Waals surface area contributed by atoms with Crippen LogP contribution in [-0.4, -0.2) is 38.8 Å². The number of esters is 1. The van der Waals surface area contributed by atoms with E-state index in [-0.39, 0.29) is 24.0 Å². The van der Waals surface area contributed by atoms with Crippen LogP contribution in [0.15, 0.2) is 94.9 Å². The molecule has 186 valence electrons. The average molecular weight is 497 g/mol. The van der Waals surface area contributed by atoms with Gasteiger partial charge >= 0.3 is 5.97 Å². The molecule has 1 N–H and O–H groups in total. The third-order valence-electron chi connectivity index (χ3n) is 6.08. The lowest BCUT2D eigenvalue weighted by Crippen LogP contribution is -2.30. The van der Waals surface area contributed by atoms with Gasteiger partial charge in [-0.15, -0.1) is 0 Å². The van der Waals surface area contributed by atoms with Gasteiger partial charge in [0.2, 0.25) is 5.78 Å². The number of hydrogen-bond acceptors (Lipinski definition) is 7. The number of hydrogen-bond donors (Lipinski definition) is 1. The highest BCUT2D eigenvalue weighted by atomic mass is 16.5. The Kier molecular flexibility index (Phi) is 6.31. The number of para-hydroxylation sites is 1. The smallest absolute Gasteiger partial charge is 0.338 e. The molecule has 0 radical (unpaired) electrons. The molecule has 1 amide bonds. The van der Waals surface area contributed by atoms with Crippen molar-refractivity contribution in [2.75, 3.05) is 0 Å². The molecule has 0 fully saturated rings. The van der Waals surface area contributed by atoms with Crippen molar-refractivity contribution in [3.8, 4) is 0 Å². The number of ether oxygens (including phenoxy) is 1. The van der Waals surface area contributed by atoms with Crippen molar-refractivity contribution in [2.45, 2.75) is 32.5 Å². The van der Waals surface area contributed by atoms with Crippen molar-refractivity contribution < 1.29 is 28.6 Å². The second kappa shape index (κ2) is 9.73. The summed E-state index contributed by atoms with van der Waals surface area (Å²) in [7, 11) is 0. The van der Waals surface area contributed by atoms with Crippen LogP contribution in [0.2, 0.25) is 0 Å². The minimum Gasteiger partial charge on any atom is -0.503 e. The van der Waals surface area contributed by atoms with E-state index in [2.05, 4.69) is 4.98 Å². The topological polar surface area (TPSA) is 110 Å². The Morgan fingerprint density at radius 1 is 1.08 bits per heavy atom. The van der Waals surface area contributed by atoms with Crippen LogP contribution >= 0.6 is 0 Å². The Morgan fingerprint density at radius 2 is 1.84 bits per heavy atom. The molecule has 8 heteroatoms. The van der Waals surface area contributed by atoms with Crippen molar-refractivity contribution in [1.82, 2.24) is 9.88 Å². The van der Waals surface area contributed by atoms with E-state index in [9.17, 15) is 19.5 Å². The maximum absolute atomic E-state index is 13.6. The van der Waals surface area contributed by atoms with E-state index in [4.69, 9.17) is 9.15 Å². The van der Waals surface area contributed by atoms with E-state index >= 15 is 0 Å². The molecule has 37 heavy (non-hydrogen) atoms. The van der Waals surface area contributed by atoms with Crippen LogP contribution in [0.3, 0.4) is 0 Å². The van der Waals surface area contributed by atoms with Gasteiger partial charge in [-0.3, -0.25) is 14.6 Å². The van der Waals surface area contributed by atoms with Crippen LogP contribution in [0.5, 0.6) is 0 Å². The predicted molar refractivity (Wildman–Crippen MR) is 135 cm³/mol. The van der Waals surface area contributed by atoms with E-state index < -0.39 is 29.5 Å². The van der Waals surface area contributed by atoms with Gasteiger partial charge in [0.15, 0.2) is 11.5 Å². The summed E-state index contributed by atoms with van der Waals surface area (Å²) in [6.07, 6.45) is 2.90. The maximum atomic E-state index is 13.6. The Labute approximate surface area is 212 Å². The molecular formula is C29H24N2O6. The zero-order valence-electron chi connectivity index (χ0n) is 20.3. The molecule has 4 aromatic rings. The van der Waals surface area contributed by atoms with Crippen LogP contribution in [0.25, 0.3) is 11.0 Å². The molecule has 0 saturated carbocycles. The van der Waals surface area contributed by atoms with E-state index in [1.165, 1.54) is 4.90 Å². The number of fused-ring (bicyclic) bond motifs is 1. The molecule has 2 aromatic heterocycles. The van der Waals surface area contributed by atoms with Gasteiger partial charge in [-0.2, -0.15) is 0 Å². The van der Waals surface area contributed by atoms with E-state index in [1.807, 2.05) is 12.1 Å². The van der Waals surface area contributed by atoms with Gasteiger partial charge in [0, 0.05) is 24.3 Å². The van der Waals surface area contributed by atoms with E-state index in [1.54, 1.807) is 80.8 Å². The standard InChI is InChI=1S/C29H24N2O6/c1-17(2)36-29(35)19-11-9-18(10-12-19)16-31-25(21-7-5-13-30-15-21)24(27(33)28(31)34)26(32)23-14-20-6-3-4-8-22(20)37-23/h3-15,17,25,33H,16H2,1-2H3. The molecule has 5 rings (SSSR count). The van der Waals surface area contributed by atoms with Crippen molar-refractivity contribution in [3.63, 3.8) is 0 Å². The number of carbonyl (C=O) groups excluding carboxylic acids is 3. The third kappa shape index (κ3) is 4.61. The number of pyridine rings is 1. The van der Waals surface area contributed by atoms with Crippen LogP contribution in [0, 0.1) is 0 Å². The molecule has 8 nitrogen and oxygen atoms in total. The maximum Gasteiger partial charge on any atom is 0.338 e. The molecule has 0 bridgehead atoms. The first-order chi connectivity index (χ1) is 17.8. The number of carbonyl (C=O) groups is 3. The Bertz CT molecular complexity index is 1490. The first kappa shape index (κ1) is 24.0. The molecule has 0 saturated heterocycles. The predicted octanol–water partition coefficient (Wildman–Crippen LogP) is 5.17. The summed E-state index contributed by atoms with van der Waals surface area (Å²) in [5.74, 6) is -2.30. The fourth-order valence-corrected chi connectivity index (χ4v) is 4.38. The normalized spacial score (nSPS) is 15.6. The number of nitrogens with zero attached hydrogens (tertiary/aromatic N) is 2. The average Bonchev–Trinajstić information content (AvgIpc) is 3.44. The summed E-state index contributed by atoms with van der Waals surface area (Å²) in [6.45, 7) is 3.62. The fraction of sp³-hybridized carbons (Fsp3) is 0.172. The Balaban J connectivity index is 1.48. The molecular weight excluding hydrogens is 472 g/mol. The van der Waals surface area contributed by atoms with Crippen molar-refractivity contribution >= 4 is 28.6 Å². The molecule has 1 unspecified atom stereocenters. The number of aromatic nitrogens is 1. The van der Waals surface area contributed by atoms with Crippen molar-refractivity contribution in [1.29, 1.82) is 0 Å². The number of Topliss-reactive ketones (excluding diaryl/α,β-unsaturated/α-hetero) is 1.